The van der Waals surface area contributed by atoms with Crippen molar-refractivity contribution in [2.45, 2.75) is 108 Å². The average molecular weight is 688 g/mol. The molecule has 4 aromatic heterocycles. The van der Waals surface area contributed by atoms with Gasteiger partial charge in [0.1, 0.15) is 27.6 Å². The molecular weight excluding hydrogens is 639 g/mol. The zero-order chi connectivity index (χ0) is 32.2. The van der Waals surface area contributed by atoms with Gasteiger partial charge in [0.05, 0.1) is 30.6 Å². The molecule has 11 heteroatoms. The number of aromatic nitrogens is 4. The molecule has 2 saturated carbocycles. The molecule has 9 nitrogen and oxygen atoms in total. The van der Waals surface area contributed by atoms with E-state index in [1.807, 2.05) is 22.7 Å². The van der Waals surface area contributed by atoms with E-state index in [1.54, 1.807) is 6.33 Å². The first-order valence-electron chi connectivity index (χ1n) is 18.5. The Labute approximate surface area is 291 Å². The maximum Gasteiger partial charge on any atom is 0.225 e. The van der Waals surface area contributed by atoms with Crippen molar-refractivity contribution in [3.05, 3.63) is 33.0 Å². The topological polar surface area (TPSA) is 88.5 Å². The van der Waals surface area contributed by atoms with Gasteiger partial charge in [0.25, 0.3) is 0 Å². The van der Waals surface area contributed by atoms with Crippen molar-refractivity contribution in [2.75, 3.05) is 52.3 Å². The summed E-state index contributed by atoms with van der Waals surface area (Å²) in [6, 6.07) is 1.86. The highest BCUT2D eigenvalue weighted by molar-refractivity contribution is 7.19. The van der Waals surface area contributed by atoms with Crippen LogP contribution in [-0.2, 0) is 30.4 Å². The van der Waals surface area contributed by atoms with Crippen molar-refractivity contribution in [1.29, 1.82) is 0 Å². The molecule has 1 saturated heterocycles. The van der Waals surface area contributed by atoms with Crippen LogP contribution in [0.3, 0.4) is 0 Å². The van der Waals surface area contributed by atoms with Gasteiger partial charge in [-0.3, -0.25) is 4.90 Å². The molecule has 9 rings (SSSR count). The van der Waals surface area contributed by atoms with E-state index in [-0.39, 0.29) is 5.92 Å². The normalized spacial score (nSPS) is 27.9. The van der Waals surface area contributed by atoms with E-state index in [9.17, 15) is 0 Å². The highest BCUT2D eigenvalue weighted by atomic mass is 32.1. The Morgan fingerprint density at radius 1 is 0.875 bits per heavy atom. The van der Waals surface area contributed by atoms with Crippen LogP contribution in [0.2, 0.25) is 0 Å². The lowest BCUT2D eigenvalue weighted by molar-refractivity contribution is 0.00791. The molecule has 0 bridgehead atoms. The van der Waals surface area contributed by atoms with Gasteiger partial charge in [0.15, 0.2) is 0 Å². The smallest absolute Gasteiger partial charge is 0.225 e. The van der Waals surface area contributed by atoms with E-state index in [0.29, 0.717) is 24.0 Å². The number of hydrogen-bond donors (Lipinski definition) is 1. The first kappa shape index (κ1) is 31.5. The standard InChI is InChI=1S/C37H49N7O2S2/c1-43(2)25-10-6-22(7-11-25)20-46-35-32-28-18-23(19-30(28)48-36(32)39-21-38-35)33-41-34(31-27-4-3-5-29(27)47-37(31)42-33)40-24-8-12-26(13-9-24)44-14-16-45-17-15-44/h21-26H,3-20H2,1-2H3,(H,40,41,42). The lowest BCUT2D eigenvalue weighted by atomic mass is 9.86. The number of rotatable bonds is 8. The third-order valence-electron chi connectivity index (χ3n) is 12.1. The van der Waals surface area contributed by atoms with Crippen LogP contribution in [0.5, 0.6) is 5.88 Å². The lowest BCUT2D eigenvalue weighted by Gasteiger charge is -2.39. The second kappa shape index (κ2) is 13.4. The fraction of sp³-hybridized carbons (Fsp3) is 0.676. The fourth-order valence-corrected chi connectivity index (χ4v) is 11.8. The number of nitrogens with one attached hydrogen (secondary N) is 1. The Bertz CT molecular complexity index is 1770. The molecular formula is C37H49N7O2S2. The highest BCUT2D eigenvalue weighted by Gasteiger charge is 2.34. The van der Waals surface area contributed by atoms with Gasteiger partial charge in [-0.15, -0.1) is 22.7 Å². The van der Waals surface area contributed by atoms with Crippen LogP contribution in [-0.4, -0.2) is 94.9 Å². The molecule has 5 aliphatic rings. The van der Waals surface area contributed by atoms with Gasteiger partial charge in [-0.05, 0) is 115 Å². The van der Waals surface area contributed by atoms with E-state index in [1.165, 1.54) is 95.3 Å². The minimum absolute atomic E-state index is 0.268. The number of aryl methyl sites for hydroxylation is 2. The molecule has 1 N–H and O–H groups in total. The second-order valence-electron chi connectivity index (χ2n) is 15.2. The summed E-state index contributed by atoms with van der Waals surface area (Å²) in [5, 5.41) is 6.46. The first-order chi connectivity index (χ1) is 23.6. The van der Waals surface area contributed by atoms with Crippen LogP contribution in [0.4, 0.5) is 5.82 Å². The van der Waals surface area contributed by atoms with Crippen LogP contribution in [0.1, 0.15) is 90.4 Å². The average Bonchev–Trinajstić information content (AvgIpc) is 3.89. The fourth-order valence-electron chi connectivity index (χ4n) is 9.27. The van der Waals surface area contributed by atoms with Crippen LogP contribution in [0.15, 0.2) is 6.33 Å². The number of ether oxygens (including phenoxy) is 2. The van der Waals surface area contributed by atoms with Crippen LogP contribution >= 0.6 is 22.7 Å². The van der Waals surface area contributed by atoms with Gasteiger partial charge >= 0.3 is 0 Å². The molecule has 256 valence electrons. The molecule has 1 aliphatic heterocycles. The number of morpholine rings is 1. The van der Waals surface area contributed by atoms with E-state index in [0.717, 1.165) is 79.9 Å². The van der Waals surface area contributed by atoms with Gasteiger partial charge in [0, 0.05) is 46.9 Å². The molecule has 3 fully saturated rings. The van der Waals surface area contributed by atoms with Crippen molar-refractivity contribution in [3.63, 3.8) is 0 Å². The van der Waals surface area contributed by atoms with E-state index in [2.05, 4.69) is 39.2 Å². The van der Waals surface area contributed by atoms with E-state index >= 15 is 0 Å². The Hall–Kier alpha value is -2.44. The van der Waals surface area contributed by atoms with Crippen LogP contribution in [0.25, 0.3) is 20.4 Å². The second-order valence-corrected chi connectivity index (χ2v) is 17.4. The highest BCUT2D eigenvalue weighted by Crippen LogP contribution is 2.46. The molecule has 0 spiro atoms. The van der Waals surface area contributed by atoms with Crippen molar-refractivity contribution in [1.82, 2.24) is 29.7 Å². The lowest BCUT2D eigenvalue weighted by Crippen LogP contribution is -2.46. The zero-order valence-corrected chi connectivity index (χ0v) is 30.1. The summed E-state index contributed by atoms with van der Waals surface area (Å²) in [7, 11) is 4.41. The van der Waals surface area contributed by atoms with Gasteiger partial charge < -0.3 is 19.7 Å². The number of hydrogen-bond acceptors (Lipinski definition) is 11. The molecule has 4 aliphatic carbocycles. The first-order valence-corrected chi connectivity index (χ1v) is 20.2. The maximum absolute atomic E-state index is 6.51. The van der Waals surface area contributed by atoms with Crippen LogP contribution < -0.4 is 10.1 Å². The monoisotopic (exact) mass is 687 g/mol. The summed E-state index contributed by atoms with van der Waals surface area (Å²) in [6.07, 6.45) is 17.0. The molecule has 1 unspecified atom stereocenters. The number of thiophene rings is 2. The minimum Gasteiger partial charge on any atom is -0.477 e. The maximum atomic E-state index is 6.51. The Morgan fingerprint density at radius 3 is 2.50 bits per heavy atom. The van der Waals surface area contributed by atoms with Crippen molar-refractivity contribution < 1.29 is 9.47 Å². The van der Waals surface area contributed by atoms with Crippen LogP contribution in [0, 0.1) is 5.92 Å². The predicted molar refractivity (Wildman–Crippen MR) is 194 cm³/mol. The molecule has 0 amide bonds. The summed E-state index contributed by atoms with van der Waals surface area (Å²) in [6.45, 7) is 4.67. The third-order valence-corrected chi connectivity index (χ3v) is 14.4. The Morgan fingerprint density at radius 2 is 1.69 bits per heavy atom. The van der Waals surface area contributed by atoms with E-state index < -0.39 is 0 Å². The third kappa shape index (κ3) is 6.01. The van der Waals surface area contributed by atoms with Crippen molar-refractivity contribution >= 4 is 48.9 Å². The van der Waals surface area contributed by atoms with Crippen molar-refractivity contribution in [3.8, 4) is 5.88 Å². The zero-order valence-electron chi connectivity index (χ0n) is 28.5. The Kier molecular flexibility index (Phi) is 8.78. The molecule has 5 heterocycles. The predicted octanol–water partition coefficient (Wildman–Crippen LogP) is 6.62. The molecule has 1 atom stereocenters. The summed E-state index contributed by atoms with van der Waals surface area (Å²) in [5.41, 5.74) is 2.87. The number of anilines is 1. The molecule has 4 aromatic rings. The van der Waals surface area contributed by atoms with Gasteiger partial charge in [-0.1, -0.05) is 0 Å². The summed E-state index contributed by atoms with van der Waals surface area (Å²) in [5.74, 6) is 3.73. The quantitative estimate of drug-likeness (QED) is 0.220. The summed E-state index contributed by atoms with van der Waals surface area (Å²) < 4.78 is 12.1. The van der Waals surface area contributed by atoms with Gasteiger partial charge in [0.2, 0.25) is 5.88 Å². The number of fused-ring (bicyclic) bond motifs is 6. The summed E-state index contributed by atoms with van der Waals surface area (Å²) in [4.78, 5) is 30.3. The molecule has 0 radical (unpaired) electrons. The SMILES string of the molecule is CN(C)C1CCC(COc2ncnc3sc4c(c23)CC(c2nc(NC3CCC(N5CCOCC5)CC3)c3c5c(sc3n2)CCC5)C4)CC1. The largest absolute Gasteiger partial charge is 0.477 e. The van der Waals surface area contributed by atoms with Crippen molar-refractivity contribution in [2.24, 2.45) is 5.92 Å². The van der Waals surface area contributed by atoms with Gasteiger partial charge in [-0.25, -0.2) is 19.9 Å². The Balaban J connectivity index is 0.937. The van der Waals surface area contributed by atoms with Gasteiger partial charge in [-0.2, -0.15) is 0 Å². The van der Waals surface area contributed by atoms with E-state index in [4.69, 9.17) is 19.4 Å². The number of nitrogens with zero attached hydrogens (tertiary/aromatic N) is 6. The summed E-state index contributed by atoms with van der Waals surface area (Å²) >= 11 is 3.73. The molecule has 0 aromatic carbocycles. The minimum atomic E-state index is 0.268. The molecule has 48 heavy (non-hydrogen) atoms.